The normalized spacial score (nSPS) is 10.3. The van der Waals surface area contributed by atoms with Crippen molar-refractivity contribution in [1.82, 2.24) is 10.0 Å². The molecule has 0 heterocycles. The third-order valence-corrected chi connectivity index (χ3v) is 1.98. The number of carbonyl (C=O) groups is 1. The number of carbonyl (C=O) groups excluding carboxylic acids is 1. The summed E-state index contributed by atoms with van der Waals surface area (Å²) in [5.41, 5.74) is 0.694. The molecule has 0 aliphatic heterocycles. The van der Waals surface area contributed by atoms with E-state index in [1.807, 2.05) is 21.0 Å². The maximum absolute atomic E-state index is 11.9. The van der Waals surface area contributed by atoms with Crippen LogP contribution in [0, 0.1) is 6.07 Å². The fraction of sp³-hybridized carbons (Fsp3) is 0.364. The Balaban J connectivity index is 2.84. The van der Waals surface area contributed by atoms with E-state index in [2.05, 4.69) is 6.07 Å². The molecule has 1 aromatic rings. The number of hydrazine groups is 1. The Morgan fingerprint density at radius 1 is 1.36 bits per heavy atom. The van der Waals surface area contributed by atoms with E-state index in [4.69, 9.17) is 0 Å². The second-order valence-corrected chi connectivity index (χ2v) is 3.16. The van der Waals surface area contributed by atoms with Crippen molar-refractivity contribution in [3.8, 4) is 0 Å². The predicted molar refractivity (Wildman–Crippen MR) is 55.7 cm³/mol. The van der Waals surface area contributed by atoms with Crippen LogP contribution in [0.25, 0.3) is 0 Å². The van der Waals surface area contributed by atoms with Crippen LogP contribution in [0.5, 0.6) is 0 Å². The summed E-state index contributed by atoms with van der Waals surface area (Å²) in [7, 11) is 3.72. The number of benzene rings is 1. The number of rotatable bonds is 3. The Kier molecular flexibility index (Phi) is 3.65. The Labute approximate surface area is 84.9 Å². The highest BCUT2D eigenvalue weighted by Gasteiger charge is 2.14. The number of amides is 1. The van der Waals surface area contributed by atoms with E-state index in [-0.39, 0.29) is 5.91 Å². The maximum Gasteiger partial charge on any atom is 0.268 e. The number of nitrogens with zero attached hydrogens (tertiary/aromatic N) is 2. The molecule has 0 saturated carbocycles. The molecule has 0 aromatic heterocycles. The minimum Gasteiger partial charge on any atom is -0.272 e. The van der Waals surface area contributed by atoms with Crippen molar-refractivity contribution >= 4 is 5.91 Å². The van der Waals surface area contributed by atoms with Gasteiger partial charge in [0.2, 0.25) is 0 Å². The molecule has 1 amide bonds. The second kappa shape index (κ2) is 4.77. The van der Waals surface area contributed by atoms with Crippen molar-refractivity contribution in [2.24, 2.45) is 0 Å². The van der Waals surface area contributed by atoms with Gasteiger partial charge in [0, 0.05) is 26.2 Å². The summed E-state index contributed by atoms with van der Waals surface area (Å²) < 4.78 is 0. The van der Waals surface area contributed by atoms with E-state index < -0.39 is 0 Å². The quantitative estimate of drug-likeness (QED) is 0.675. The third-order valence-electron chi connectivity index (χ3n) is 1.98. The largest absolute Gasteiger partial charge is 0.272 e. The van der Waals surface area contributed by atoms with E-state index >= 15 is 0 Å². The molecule has 0 bridgehead atoms. The first kappa shape index (κ1) is 10.7. The van der Waals surface area contributed by atoms with Crippen LogP contribution in [0.3, 0.4) is 0 Å². The lowest BCUT2D eigenvalue weighted by Crippen LogP contribution is -2.41. The standard InChI is InChI=1S/C11H15N2O/c1-4-13(12(2)3)11(14)10-8-6-5-7-9-10/h6-9H,4H2,1-3H3. The van der Waals surface area contributed by atoms with Crippen LogP contribution >= 0.6 is 0 Å². The van der Waals surface area contributed by atoms with Crippen LogP contribution in [0.1, 0.15) is 17.3 Å². The van der Waals surface area contributed by atoms with Gasteiger partial charge in [-0.05, 0) is 25.1 Å². The topological polar surface area (TPSA) is 23.6 Å². The molecule has 1 rings (SSSR count). The van der Waals surface area contributed by atoms with Crippen LogP contribution in [-0.2, 0) is 0 Å². The molecule has 3 nitrogen and oxygen atoms in total. The Hall–Kier alpha value is -1.35. The predicted octanol–water partition coefficient (Wildman–Crippen LogP) is 1.43. The van der Waals surface area contributed by atoms with Crippen LogP contribution in [0.15, 0.2) is 24.3 Å². The fourth-order valence-electron chi connectivity index (χ4n) is 1.29. The molecule has 1 aromatic carbocycles. The Morgan fingerprint density at radius 3 is 2.36 bits per heavy atom. The van der Waals surface area contributed by atoms with E-state index in [1.54, 1.807) is 34.3 Å². The van der Waals surface area contributed by atoms with Gasteiger partial charge in [0.05, 0.1) is 0 Å². The third kappa shape index (κ3) is 2.33. The van der Waals surface area contributed by atoms with Gasteiger partial charge < -0.3 is 0 Å². The van der Waals surface area contributed by atoms with Crippen LogP contribution in [0.4, 0.5) is 0 Å². The van der Waals surface area contributed by atoms with Gasteiger partial charge in [-0.3, -0.25) is 9.80 Å². The molecule has 0 saturated heterocycles. The summed E-state index contributed by atoms with van der Waals surface area (Å²) >= 11 is 0. The van der Waals surface area contributed by atoms with Gasteiger partial charge in [0.25, 0.3) is 5.91 Å². The zero-order valence-electron chi connectivity index (χ0n) is 8.82. The molecule has 14 heavy (non-hydrogen) atoms. The molecule has 0 atom stereocenters. The van der Waals surface area contributed by atoms with Gasteiger partial charge in [0.1, 0.15) is 0 Å². The summed E-state index contributed by atoms with van der Waals surface area (Å²) in [5, 5.41) is 3.47. The maximum atomic E-state index is 11.9. The van der Waals surface area contributed by atoms with E-state index in [9.17, 15) is 4.79 Å². The molecule has 0 unspecified atom stereocenters. The molecular formula is C11H15N2O. The van der Waals surface area contributed by atoms with Crippen molar-refractivity contribution in [2.75, 3.05) is 20.6 Å². The molecule has 1 radical (unpaired) electrons. The Morgan fingerprint density at radius 2 is 1.93 bits per heavy atom. The van der Waals surface area contributed by atoms with Crippen molar-refractivity contribution in [1.29, 1.82) is 0 Å². The second-order valence-electron chi connectivity index (χ2n) is 3.16. The van der Waals surface area contributed by atoms with Gasteiger partial charge in [0.15, 0.2) is 0 Å². The highest BCUT2D eigenvalue weighted by atomic mass is 16.2. The van der Waals surface area contributed by atoms with Crippen LogP contribution in [0.2, 0.25) is 0 Å². The summed E-state index contributed by atoms with van der Waals surface area (Å²) in [6.07, 6.45) is 0. The molecule has 0 spiro atoms. The minimum atomic E-state index is 0.0199. The monoisotopic (exact) mass is 191 g/mol. The van der Waals surface area contributed by atoms with Crippen molar-refractivity contribution < 1.29 is 4.79 Å². The average molecular weight is 191 g/mol. The lowest BCUT2D eigenvalue weighted by Gasteiger charge is -2.27. The zero-order chi connectivity index (χ0) is 10.6. The zero-order valence-corrected chi connectivity index (χ0v) is 8.82. The fourth-order valence-corrected chi connectivity index (χ4v) is 1.29. The van der Waals surface area contributed by atoms with Crippen LogP contribution in [-0.4, -0.2) is 36.6 Å². The van der Waals surface area contributed by atoms with E-state index in [0.29, 0.717) is 12.1 Å². The highest BCUT2D eigenvalue weighted by molar-refractivity contribution is 5.93. The van der Waals surface area contributed by atoms with Gasteiger partial charge in [-0.25, -0.2) is 5.01 Å². The molecule has 0 fully saturated rings. The summed E-state index contributed by atoms with van der Waals surface area (Å²) in [4.78, 5) is 11.9. The average Bonchev–Trinajstić information content (AvgIpc) is 2.19. The summed E-state index contributed by atoms with van der Waals surface area (Å²) in [6, 6.07) is 9.93. The first-order valence-corrected chi connectivity index (χ1v) is 4.62. The van der Waals surface area contributed by atoms with E-state index in [1.165, 1.54) is 0 Å². The smallest absolute Gasteiger partial charge is 0.268 e. The molecule has 0 N–H and O–H groups in total. The minimum absolute atomic E-state index is 0.0199. The van der Waals surface area contributed by atoms with Crippen molar-refractivity contribution in [3.63, 3.8) is 0 Å². The lowest BCUT2D eigenvalue weighted by atomic mass is 10.2. The Bertz CT molecular complexity index is 295. The first-order chi connectivity index (χ1) is 6.66. The summed E-state index contributed by atoms with van der Waals surface area (Å²) in [5.74, 6) is 0.0199. The van der Waals surface area contributed by atoms with Gasteiger partial charge >= 0.3 is 0 Å². The van der Waals surface area contributed by atoms with Gasteiger partial charge in [-0.1, -0.05) is 12.1 Å². The highest BCUT2D eigenvalue weighted by Crippen LogP contribution is 2.04. The van der Waals surface area contributed by atoms with Gasteiger partial charge in [-0.2, -0.15) is 0 Å². The molecular weight excluding hydrogens is 176 g/mol. The number of hydrogen-bond donors (Lipinski definition) is 0. The molecule has 0 aliphatic rings. The van der Waals surface area contributed by atoms with Gasteiger partial charge in [-0.15, -0.1) is 0 Å². The van der Waals surface area contributed by atoms with Crippen molar-refractivity contribution in [3.05, 3.63) is 35.9 Å². The SMILES string of the molecule is CCN(C(=O)c1cc[c]cc1)N(C)C. The lowest BCUT2D eigenvalue weighted by molar-refractivity contribution is 0.0230. The first-order valence-electron chi connectivity index (χ1n) is 4.62. The summed E-state index contributed by atoms with van der Waals surface area (Å²) in [6.45, 7) is 2.62. The molecule has 75 valence electrons. The van der Waals surface area contributed by atoms with Crippen LogP contribution < -0.4 is 0 Å². The van der Waals surface area contributed by atoms with E-state index in [0.717, 1.165) is 0 Å². The molecule has 3 heteroatoms. The van der Waals surface area contributed by atoms with Crippen molar-refractivity contribution in [2.45, 2.75) is 6.92 Å². The molecule has 0 aliphatic carbocycles. The number of hydrogen-bond acceptors (Lipinski definition) is 2.